The molecule has 0 amide bonds. The van der Waals surface area contributed by atoms with E-state index < -0.39 is 0 Å². The molecule has 0 bridgehead atoms. The monoisotopic (exact) mass is 339 g/mol. The van der Waals surface area contributed by atoms with Crippen molar-refractivity contribution in [3.05, 3.63) is 35.9 Å². The number of rotatable bonds is 12. The summed E-state index contributed by atoms with van der Waals surface area (Å²) in [5.74, 6) is 0. The van der Waals surface area contributed by atoms with Crippen molar-refractivity contribution in [1.29, 1.82) is 0 Å². The van der Waals surface area contributed by atoms with Gasteiger partial charge in [-0.1, -0.05) is 30.3 Å². The fourth-order valence-electron chi connectivity index (χ4n) is 2.51. The Morgan fingerprint density at radius 1 is 0.958 bits per heavy atom. The molecular formula is C18H29NO5. The van der Waals surface area contributed by atoms with Gasteiger partial charge in [-0.3, -0.25) is 4.90 Å². The van der Waals surface area contributed by atoms with Gasteiger partial charge in [0.05, 0.1) is 52.9 Å². The van der Waals surface area contributed by atoms with Gasteiger partial charge in [0.2, 0.25) is 0 Å². The smallest absolute Gasteiger partial charge is 0.106 e. The molecule has 0 aromatic heterocycles. The lowest BCUT2D eigenvalue weighted by Crippen LogP contribution is -2.38. The molecule has 1 atom stereocenters. The molecule has 1 saturated heterocycles. The molecule has 1 heterocycles. The van der Waals surface area contributed by atoms with E-state index in [4.69, 9.17) is 18.9 Å². The number of hydrogen-bond acceptors (Lipinski definition) is 6. The van der Waals surface area contributed by atoms with Gasteiger partial charge in [-0.15, -0.1) is 0 Å². The van der Waals surface area contributed by atoms with Gasteiger partial charge in [0.25, 0.3) is 0 Å². The standard InChI is InChI=1S/C18H29NO5/c20-16-18(17-4-2-1-3-5-17)24-15-14-23-13-12-22-11-8-19-6-9-21-10-7-19/h1-5,18,20H,6-16H2. The van der Waals surface area contributed by atoms with Crippen LogP contribution in [0.4, 0.5) is 0 Å². The van der Waals surface area contributed by atoms with Crippen LogP contribution in [0.25, 0.3) is 0 Å². The van der Waals surface area contributed by atoms with Crippen molar-refractivity contribution in [3.63, 3.8) is 0 Å². The maximum absolute atomic E-state index is 9.39. The minimum Gasteiger partial charge on any atom is -0.393 e. The van der Waals surface area contributed by atoms with Gasteiger partial charge in [-0.05, 0) is 5.56 Å². The summed E-state index contributed by atoms with van der Waals surface area (Å²) in [6.07, 6.45) is -0.292. The van der Waals surface area contributed by atoms with Crippen molar-refractivity contribution in [2.45, 2.75) is 6.10 Å². The largest absolute Gasteiger partial charge is 0.393 e. The van der Waals surface area contributed by atoms with Crippen molar-refractivity contribution in [2.75, 3.05) is 72.5 Å². The Kier molecular flexibility index (Phi) is 9.94. The third-order valence-corrected chi connectivity index (χ3v) is 3.91. The molecule has 1 aromatic rings. The average molecular weight is 339 g/mol. The molecule has 2 rings (SSSR count). The van der Waals surface area contributed by atoms with Crippen LogP contribution in [-0.4, -0.2) is 82.5 Å². The summed E-state index contributed by atoms with van der Waals surface area (Å²) in [5, 5.41) is 9.39. The molecule has 1 N–H and O–H groups in total. The lowest BCUT2D eigenvalue weighted by Gasteiger charge is -2.26. The number of hydrogen-bond donors (Lipinski definition) is 1. The molecule has 1 aliphatic heterocycles. The Morgan fingerprint density at radius 3 is 2.33 bits per heavy atom. The molecule has 1 aliphatic rings. The third-order valence-electron chi connectivity index (χ3n) is 3.91. The van der Waals surface area contributed by atoms with Crippen LogP contribution in [0.15, 0.2) is 30.3 Å². The molecule has 0 spiro atoms. The molecule has 1 unspecified atom stereocenters. The normalized spacial score (nSPS) is 17.0. The van der Waals surface area contributed by atoms with Crippen LogP contribution < -0.4 is 0 Å². The van der Waals surface area contributed by atoms with Gasteiger partial charge in [0.15, 0.2) is 0 Å². The summed E-state index contributed by atoms with van der Waals surface area (Å²) in [7, 11) is 0. The van der Waals surface area contributed by atoms with Gasteiger partial charge >= 0.3 is 0 Å². The fraction of sp³-hybridized carbons (Fsp3) is 0.667. The summed E-state index contributed by atoms with van der Waals surface area (Å²) < 4.78 is 22.0. The molecule has 136 valence electrons. The predicted molar refractivity (Wildman–Crippen MR) is 91.1 cm³/mol. The van der Waals surface area contributed by atoms with Gasteiger partial charge in [-0.25, -0.2) is 0 Å². The average Bonchev–Trinajstić information content (AvgIpc) is 2.65. The van der Waals surface area contributed by atoms with E-state index in [1.54, 1.807) is 0 Å². The first-order valence-electron chi connectivity index (χ1n) is 8.63. The highest BCUT2D eigenvalue weighted by Gasteiger charge is 2.10. The maximum Gasteiger partial charge on any atom is 0.106 e. The number of aliphatic hydroxyl groups is 1. The first-order chi connectivity index (χ1) is 11.9. The molecular weight excluding hydrogens is 310 g/mol. The van der Waals surface area contributed by atoms with Gasteiger partial charge < -0.3 is 24.1 Å². The van der Waals surface area contributed by atoms with Crippen molar-refractivity contribution >= 4 is 0 Å². The van der Waals surface area contributed by atoms with Gasteiger partial charge in [-0.2, -0.15) is 0 Å². The SMILES string of the molecule is OCC(OCCOCCOCCN1CCOCC1)c1ccccc1. The highest BCUT2D eigenvalue weighted by molar-refractivity contribution is 5.17. The number of nitrogens with zero attached hydrogens (tertiary/aromatic N) is 1. The third kappa shape index (κ3) is 7.70. The number of morpholine rings is 1. The van der Waals surface area contributed by atoms with Crippen LogP contribution in [0.3, 0.4) is 0 Å². The van der Waals surface area contributed by atoms with Crippen LogP contribution in [0, 0.1) is 0 Å². The highest BCUT2D eigenvalue weighted by Crippen LogP contribution is 2.15. The highest BCUT2D eigenvalue weighted by atomic mass is 16.5. The van der Waals surface area contributed by atoms with E-state index in [1.165, 1.54) is 0 Å². The minimum atomic E-state index is -0.292. The molecule has 1 aromatic carbocycles. The van der Waals surface area contributed by atoms with Crippen LogP contribution >= 0.6 is 0 Å². The van der Waals surface area contributed by atoms with Crippen molar-refractivity contribution in [1.82, 2.24) is 4.90 Å². The Labute approximate surface area is 144 Å². The second-order valence-electron chi connectivity index (χ2n) is 5.63. The Hall–Kier alpha value is -1.02. The summed E-state index contributed by atoms with van der Waals surface area (Å²) in [6.45, 7) is 7.35. The van der Waals surface area contributed by atoms with Crippen LogP contribution in [-0.2, 0) is 18.9 Å². The lowest BCUT2D eigenvalue weighted by atomic mass is 10.1. The number of ether oxygens (including phenoxy) is 4. The van der Waals surface area contributed by atoms with Crippen molar-refractivity contribution in [2.24, 2.45) is 0 Å². The van der Waals surface area contributed by atoms with Crippen LogP contribution in [0.2, 0.25) is 0 Å². The minimum absolute atomic E-state index is 0.0331. The van der Waals surface area contributed by atoms with Gasteiger partial charge in [0.1, 0.15) is 6.10 Å². The quantitative estimate of drug-likeness (QED) is 0.576. The molecule has 6 nitrogen and oxygen atoms in total. The summed E-state index contributed by atoms with van der Waals surface area (Å²) in [4.78, 5) is 2.34. The first-order valence-corrected chi connectivity index (χ1v) is 8.63. The molecule has 0 saturated carbocycles. The lowest BCUT2D eigenvalue weighted by molar-refractivity contribution is -0.0324. The Balaban J connectivity index is 1.42. The molecule has 1 fully saturated rings. The molecule has 6 heteroatoms. The fourth-order valence-corrected chi connectivity index (χ4v) is 2.51. The summed E-state index contributed by atoms with van der Waals surface area (Å²) in [6, 6.07) is 9.71. The molecule has 24 heavy (non-hydrogen) atoms. The second kappa shape index (κ2) is 12.4. The zero-order valence-corrected chi connectivity index (χ0v) is 14.3. The van der Waals surface area contributed by atoms with Crippen molar-refractivity contribution < 1.29 is 24.1 Å². The Bertz CT molecular complexity index is 411. The van der Waals surface area contributed by atoms with Crippen LogP contribution in [0.1, 0.15) is 11.7 Å². The van der Waals surface area contributed by atoms with E-state index in [0.29, 0.717) is 26.4 Å². The summed E-state index contributed by atoms with van der Waals surface area (Å²) >= 11 is 0. The van der Waals surface area contributed by atoms with E-state index in [-0.39, 0.29) is 12.7 Å². The van der Waals surface area contributed by atoms with Crippen molar-refractivity contribution in [3.8, 4) is 0 Å². The predicted octanol–water partition coefficient (Wildman–Crippen LogP) is 1.10. The summed E-state index contributed by atoms with van der Waals surface area (Å²) in [5.41, 5.74) is 0.978. The van der Waals surface area contributed by atoms with E-state index in [1.807, 2.05) is 30.3 Å². The topological polar surface area (TPSA) is 60.4 Å². The molecule has 0 radical (unpaired) electrons. The number of benzene rings is 1. The van der Waals surface area contributed by atoms with E-state index in [2.05, 4.69) is 4.90 Å². The van der Waals surface area contributed by atoms with E-state index in [9.17, 15) is 5.11 Å². The maximum atomic E-state index is 9.39. The number of aliphatic hydroxyl groups excluding tert-OH is 1. The zero-order chi connectivity index (χ0) is 16.9. The Morgan fingerprint density at radius 2 is 1.62 bits per heavy atom. The van der Waals surface area contributed by atoms with Crippen LogP contribution in [0.5, 0.6) is 0 Å². The van der Waals surface area contributed by atoms with Gasteiger partial charge in [0, 0.05) is 19.6 Å². The molecule has 0 aliphatic carbocycles. The second-order valence-corrected chi connectivity index (χ2v) is 5.63. The van der Waals surface area contributed by atoms with E-state index in [0.717, 1.165) is 45.0 Å². The zero-order valence-electron chi connectivity index (χ0n) is 14.3. The van der Waals surface area contributed by atoms with E-state index >= 15 is 0 Å². The first kappa shape index (κ1) is 19.3.